The summed E-state index contributed by atoms with van der Waals surface area (Å²) in [5, 5.41) is 0. The number of benzene rings is 1. The van der Waals surface area contributed by atoms with Crippen molar-refractivity contribution in [3.05, 3.63) is 29.6 Å². The number of hydrogen-bond acceptors (Lipinski definition) is 1. The van der Waals surface area contributed by atoms with E-state index in [0.29, 0.717) is 17.9 Å². The van der Waals surface area contributed by atoms with Gasteiger partial charge >= 0.3 is 0 Å². The maximum absolute atomic E-state index is 13.7. The SMILES string of the molecule is C#Cc1ccc(OCCCCCCCCCCCCCCCC)c(F)c1. The van der Waals surface area contributed by atoms with Gasteiger partial charge in [-0.2, -0.15) is 0 Å². The number of rotatable bonds is 16. The highest BCUT2D eigenvalue weighted by molar-refractivity contribution is 5.37. The van der Waals surface area contributed by atoms with Crippen molar-refractivity contribution < 1.29 is 9.13 Å². The molecule has 0 aliphatic heterocycles. The van der Waals surface area contributed by atoms with Crippen LogP contribution in [-0.4, -0.2) is 6.61 Å². The summed E-state index contributed by atoms with van der Waals surface area (Å²) < 4.78 is 19.2. The Morgan fingerprint density at radius 3 is 1.77 bits per heavy atom. The van der Waals surface area contributed by atoms with Gasteiger partial charge in [0.05, 0.1) is 6.61 Å². The Morgan fingerprint density at radius 1 is 0.808 bits per heavy atom. The molecule has 0 spiro atoms. The zero-order valence-electron chi connectivity index (χ0n) is 16.7. The van der Waals surface area contributed by atoms with E-state index < -0.39 is 0 Å². The molecule has 0 N–H and O–H groups in total. The van der Waals surface area contributed by atoms with Crippen LogP contribution in [0.15, 0.2) is 18.2 Å². The molecule has 0 aliphatic carbocycles. The molecule has 0 fully saturated rings. The van der Waals surface area contributed by atoms with Gasteiger partial charge in [-0.25, -0.2) is 4.39 Å². The van der Waals surface area contributed by atoms with Crippen LogP contribution in [0.2, 0.25) is 0 Å². The Hall–Kier alpha value is -1.49. The third kappa shape index (κ3) is 11.2. The monoisotopic (exact) mass is 360 g/mol. The van der Waals surface area contributed by atoms with Crippen molar-refractivity contribution in [1.29, 1.82) is 0 Å². The molecule has 0 radical (unpaired) electrons. The maximum Gasteiger partial charge on any atom is 0.166 e. The minimum absolute atomic E-state index is 0.304. The van der Waals surface area contributed by atoms with Crippen molar-refractivity contribution >= 4 is 0 Å². The molecule has 0 saturated heterocycles. The van der Waals surface area contributed by atoms with Crippen LogP contribution in [0.5, 0.6) is 5.75 Å². The molecule has 0 aromatic heterocycles. The lowest BCUT2D eigenvalue weighted by Gasteiger charge is -2.07. The highest BCUT2D eigenvalue weighted by atomic mass is 19.1. The fourth-order valence-corrected chi connectivity index (χ4v) is 3.19. The summed E-state index contributed by atoms with van der Waals surface area (Å²) in [6, 6.07) is 4.68. The first-order valence-corrected chi connectivity index (χ1v) is 10.7. The third-order valence-corrected chi connectivity index (χ3v) is 4.85. The van der Waals surface area contributed by atoms with Gasteiger partial charge < -0.3 is 4.74 Å². The molecule has 1 aromatic rings. The second-order valence-corrected chi connectivity index (χ2v) is 7.23. The van der Waals surface area contributed by atoms with Crippen LogP contribution >= 0.6 is 0 Å². The highest BCUT2D eigenvalue weighted by Gasteiger charge is 2.03. The van der Waals surface area contributed by atoms with Gasteiger partial charge in [0.1, 0.15) is 0 Å². The first kappa shape index (κ1) is 22.6. The average molecular weight is 361 g/mol. The smallest absolute Gasteiger partial charge is 0.166 e. The van der Waals surface area contributed by atoms with E-state index in [1.165, 1.54) is 83.1 Å². The van der Waals surface area contributed by atoms with Crippen LogP contribution in [-0.2, 0) is 0 Å². The molecule has 0 bridgehead atoms. The van der Waals surface area contributed by atoms with Crippen molar-refractivity contribution in [2.75, 3.05) is 6.61 Å². The summed E-state index contributed by atoms with van der Waals surface area (Å²) in [6.45, 7) is 2.84. The van der Waals surface area contributed by atoms with Crippen molar-refractivity contribution in [3.63, 3.8) is 0 Å². The quantitative estimate of drug-likeness (QED) is 0.217. The van der Waals surface area contributed by atoms with Crippen molar-refractivity contribution in [2.24, 2.45) is 0 Å². The topological polar surface area (TPSA) is 9.23 Å². The zero-order chi connectivity index (χ0) is 18.9. The van der Waals surface area contributed by atoms with Gasteiger partial charge in [-0.15, -0.1) is 6.42 Å². The molecule has 0 saturated carbocycles. The van der Waals surface area contributed by atoms with Gasteiger partial charge in [-0.1, -0.05) is 96.3 Å². The molecule has 0 amide bonds. The minimum Gasteiger partial charge on any atom is -0.491 e. The largest absolute Gasteiger partial charge is 0.491 e. The van der Waals surface area contributed by atoms with Crippen LogP contribution in [0.3, 0.4) is 0 Å². The van der Waals surface area contributed by atoms with Gasteiger partial charge in [0.25, 0.3) is 0 Å². The Morgan fingerprint density at radius 2 is 1.31 bits per heavy atom. The van der Waals surface area contributed by atoms with Gasteiger partial charge in [0.2, 0.25) is 0 Å². The van der Waals surface area contributed by atoms with E-state index in [2.05, 4.69) is 12.8 Å². The standard InChI is InChI=1S/C24H37FO/c1-3-5-6-7-8-9-10-11-12-13-14-15-16-17-20-26-24-19-18-22(4-2)21-23(24)25/h2,18-19,21H,3,5-17,20H2,1H3. The average Bonchev–Trinajstić information content (AvgIpc) is 2.65. The van der Waals surface area contributed by atoms with Crippen molar-refractivity contribution in [3.8, 4) is 18.1 Å². The Kier molecular flexibility index (Phi) is 13.7. The van der Waals surface area contributed by atoms with Gasteiger partial charge in [-0.05, 0) is 24.6 Å². The molecule has 26 heavy (non-hydrogen) atoms. The Labute approximate surface area is 160 Å². The molecule has 2 heteroatoms. The fraction of sp³-hybridized carbons (Fsp3) is 0.667. The van der Waals surface area contributed by atoms with Crippen LogP contribution in [0.1, 0.15) is 102 Å². The van der Waals surface area contributed by atoms with Crippen LogP contribution in [0.25, 0.3) is 0 Å². The third-order valence-electron chi connectivity index (χ3n) is 4.85. The summed E-state index contributed by atoms with van der Waals surface area (Å²) in [5.41, 5.74) is 0.548. The molecule has 1 aromatic carbocycles. The summed E-state index contributed by atoms with van der Waals surface area (Å²) >= 11 is 0. The van der Waals surface area contributed by atoms with Crippen LogP contribution < -0.4 is 4.74 Å². The maximum atomic E-state index is 13.7. The van der Waals surface area contributed by atoms with E-state index in [1.54, 1.807) is 12.1 Å². The molecule has 146 valence electrons. The number of terminal acetylenes is 1. The lowest BCUT2D eigenvalue weighted by Crippen LogP contribution is -1.99. The highest BCUT2D eigenvalue weighted by Crippen LogP contribution is 2.18. The Bertz CT molecular complexity index is 503. The normalized spacial score (nSPS) is 10.7. The predicted molar refractivity (Wildman–Crippen MR) is 110 cm³/mol. The molecule has 0 aliphatic rings. The fourth-order valence-electron chi connectivity index (χ4n) is 3.19. The molecular weight excluding hydrogens is 323 g/mol. The molecule has 1 nitrogen and oxygen atoms in total. The van der Waals surface area contributed by atoms with E-state index in [4.69, 9.17) is 11.2 Å². The first-order chi connectivity index (χ1) is 12.8. The second kappa shape index (κ2) is 15.7. The van der Waals surface area contributed by atoms with Crippen LogP contribution in [0.4, 0.5) is 4.39 Å². The first-order valence-electron chi connectivity index (χ1n) is 10.7. The lowest BCUT2D eigenvalue weighted by molar-refractivity contribution is 0.290. The molecule has 0 atom stereocenters. The number of halogens is 1. The molecule has 0 unspecified atom stereocenters. The van der Waals surface area contributed by atoms with Gasteiger partial charge in [0.15, 0.2) is 11.6 Å². The number of ether oxygens (including phenoxy) is 1. The number of hydrogen-bond donors (Lipinski definition) is 0. The van der Waals surface area contributed by atoms with Gasteiger partial charge in [0, 0.05) is 5.56 Å². The summed E-state index contributed by atoms with van der Waals surface area (Å²) in [5.74, 6) is 2.36. The summed E-state index contributed by atoms with van der Waals surface area (Å²) in [4.78, 5) is 0. The van der Waals surface area contributed by atoms with Crippen molar-refractivity contribution in [1.82, 2.24) is 0 Å². The lowest BCUT2D eigenvalue weighted by atomic mass is 10.0. The van der Waals surface area contributed by atoms with E-state index in [9.17, 15) is 4.39 Å². The summed E-state index contributed by atoms with van der Waals surface area (Å²) in [7, 11) is 0. The van der Waals surface area contributed by atoms with Crippen molar-refractivity contribution in [2.45, 2.75) is 96.8 Å². The van der Waals surface area contributed by atoms with E-state index >= 15 is 0 Å². The molecule has 0 heterocycles. The second-order valence-electron chi connectivity index (χ2n) is 7.23. The number of unbranched alkanes of at least 4 members (excludes halogenated alkanes) is 13. The van der Waals surface area contributed by atoms with Crippen LogP contribution in [0, 0.1) is 18.2 Å². The van der Waals surface area contributed by atoms with E-state index in [-0.39, 0.29) is 5.82 Å². The van der Waals surface area contributed by atoms with E-state index in [1.807, 2.05) is 0 Å². The summed E-state index contributed by atoms with van der Waals surface area (Å²) in [6.07, 6.45) is 23.9. The minimum atomic E-state index is -0.370. The molecular formula is C24H37FO. The Balaban J connectivity index is 1.86. The zero-order valence-corrected chi connectivity index (χ0v) is 16.7. The van der Waals surface area contributed by atoms with Gasteiger partial charge in [-0.3, -0.25) is 0 Å². The van der Waals surface area contributed by atoms with E-state index in [0.717, 1.165) is 12.8 Å². The predicted octanol–water partition coefficient (Wildman–Crippen LogP) is 7.67. The molecule has 1 rings (SSSR count).